The number of nitrogens with two attached hydrogens (primary N) is 1. The fourth-order valence-electron chi connectivity index (χ4n) is 1.43. The number of hydrogen-bond donors (Lipinski definition) is 3. The molecular formula is C13H19N3O2. The Balaban J connectivity index is 2.59. The van der Waals surface area contributed by atoms with E-state index in [2.05, 4.69) is 31.4 Å². The van der Waals surface area contributed by atoms with Crippen LogP contribution in [0.1, 0.15) is 26.3 Å². The van der Waals surface area contributed by atoms with Crippen LogP contribution >= 0.6 is 0 Å². The van der Waals surface area contributed by atoms with Crippen molar-refractivity contribution in [2.45, 2.75) is 26.2 Å². The summed E-state index contributed by atoms with van der Waals surface area (Å²) in [6.07, 6.45) is 0. The van der Waals surface area contributed by atoms with Gasteiger partial charge >= 0.3 is 6.03 Å². The molecule has 5 heteroatoms. The van der Waals surface area contributed by atoms with Crippen LogP contribution in [0.2, 0.25) is 0 Å². The minimum atomic E-state index is -0.715. The first-order valence-electron chi connectivity index (χ1n) is 5.73. The lowest BCUT2D eigenvalue weighted by Gasteiger charge is -2.19. The zero-order chi connectivity index (χ0) is 13.8. The molecule has 0 fully saturated rings. The van der Waals surface area contributed by atoms with Gasteiger partial charge in [-0.2, -0.15) is 0 Å². The lowest BCUT2D eigenvalue weighted by molar-refractivity contribution is -0.115. The summed E-state index contributed by atoms with van der Waals surface area (Å²) in [6, 6.07) is 6.90. The Morgan fingerprint density at radius 3 is 2.17 bits per heavy atom. The Morgan fingerprint density at radius 2 is 1.72 bits per heavy atom. The van der Waals surface area contributed by atoms with Gasteiger partial charge in [-0.15, -0.1) is 0 Å². The zero-order valence-corrected chi connectivity index (χ0v) is 10.9. The number of carbonyl (C=O) groups excluding carboxylic acids is 2. The quantitative estimate of drug-likeness (QED) is 0.760. The number of amides is 3. The van der Waals surface area contributed by atoms with Crippen molar-refractivity contribution < 1.29 is 9.59 Å². The summed E-state index contributed by atoms with van der Waals surface area (Å²) < 4.78 is 0. The Kier molecular flexibility index (Phi) is 4.31. The third kappa shape index (κ3) is 4.45. The van der Waals surface area contributed by atoms with Crippen molar-refractivity contribution in [3.63, 3.8) is 0 Å². The van der Waals surface area contributed by atoms with E-state index in [4.69, 9.17) is 5.73 Å². The average molecular weight is 249 g/mol. The largest absolute Gasteiger partial charge is 0.352 e. The first kappa shape index (κ1) is 14.0. The molecule has 0 saturated carbocycles. The van der Waals surface area contributed by atoms with Gasteiger partial charge < -0.3 is 16.4 Å². The van der Waals surface area contributed by atoms with E-state index in [1.54, 1.807) is 0 Å². The monoisotopic (exact) mass is 249 g/mol. The Morgan fingerprint density at radius 1 is 1.17 bits per heavy atom. The van der Waals surface area contributed by atoms with Gasteiger partial charge in [-0.25, -0.2) is 4.79 Å². The summed E-state index contributed by atoms with van der Waals surface area (Å²) in [5, 5.41) is 4.89. The lowest BCUT2D eigenvalue weighted by atomic mass is 9.87. The molecule has 0 aliphatic carbocycles. The Hall–Kier alpha value is -2.04. The molecule has 0 saturated heterocycles. The highest BCUT2D eigenvalue weighted by molar-refractivity contribution is 5.94. The molecule has 0 spiro atoms. The molecule has 1 aromatic rings. The second-order valence-corrected chi connectivity index (χ2v) is 5.09. The van der Waals surface area contributed by atoms with Crippen molar-refractivity contribution in [1.29, 1.82) is 0 Å². The molecule has 0 atom stereocenters. The first-order valence-corrected chi connectivity index (χ1v) is 5.73. The molecule has 3 amide bonds. The summed E-state index contributed by atoms with van der Waals surface area (Å²) in [7, 11) is 0. The molecule has 0 unspecified atom stereocenters. The number of nitrogens with one attached hydrogen (secondary N) is 2. The zero-order valence-electron chi connectivity index (χ0n) is 10.9. The van der Waals surface area contributed by atoms with Gasteiger partial charge in [0.2, 0.25) is 5.91 Å². The van der Waals surface area contributed by atoms with Gasteiger partial charge in [-0.05, 0) is 23.1 Å². The fourth-order valence-corrected chi connectivity index (χ4v) is 1.43. The van der Waals surface area contributed by atoms with Gasteiger partial charge in [-0.1, -0.05) is 32.9 Å². The van der Waals surface area contributed by atoms with E-state index in [-0.39, 0.29) is 17.9 Å². The van der Waals surface area contributed by atoms with Crippen LogP contribution in [0.25, 0.3) is 0 Å². The van der Waals surface area contributed by atoms with Crippen LogP contribution < -0.4 is 16.4 Å². The molecule has 0 heterocycles. The normalized spacial score (nSPS) is 10.8. The number of rotatable bonds is 3. The van der Waals surface area contributed by atoms with Crippen molar-refractivity contribution in [2.75, 3.05) is 11.9 Å². The lowest BCUT2D eigenvalue weighted by Crippen LogP contribution is -2.36. The highest BCUT2D eigenvalue weighted by Gasteiger charge is 2.13. The molecule has 0 aromatic heterocycles. The van der Waals surface area contributed by atoms with Crippen LogP contribution in [-0.4, -0.2) is 18.5 Å². The number of hydrogen-bond acceptors (Lipinski definition) is 2. The smallest absolute Gasteiger partial charge is 0.312 e. The molecule has 98 valence electrons. The molecular weight excluding hydrogens is 230 g/mol. The molecule has 0 radical (unpaired) electrons. The SMILES string of the molecule is CC(C)(C)c1ccc(NC(=O)CNC(N)=O)cc1. The van der Waals surface area contributed by atoms with Gasteiger partial charge in [-0.3, -0.25) is 4.79 Å². The van der Waals surface area contributed by atoms with Gasteiger partial charge in [0.25, 0.3) is 0 Å². The molecule has 0 aliphatic rings. The van der Waals surface area contributed by atoms with Crippen LogP contribution in [0.4, 0.5) is 10.5 Å². The third-order valence-corrected chi connectivity index (χ3v) is 2.46. The molecule has 1 aromatic carbocycles. The summed E-state index contributed by atoms with van der Waals surface area (Å²) in [6.45, 7) is 6.24. The van der Waals surface area contributed by atoms with E-state index in [1.165, 1.54) is 5.56 Å². The summed E-state index contributed by atoms with van der Waals surface area (Å²) in [5.74, 6) is -0.308. The van der Waals surface area contributed by atoms with E-state index in [0.717, 1.165) is 0 Å². The predicted molar refractivity (Wildman–Crippen MR) is 71.4 cm³/mol. The van der Waals surface area contributed by atoms with Crippen LogP contribution in [0, 0.1) is 0 Å². The van der Waals surface area contributed by atoms with Crippen LogP contribution in [0.15, 0.2) is 24.3 Å². The van der Waals surface area contributed by atoms with Gasteiger partial charge in [0.05, 0.1) is 6.54 Å². The highest BCUT2D eigenvalue weighted by Crippen LogP contribution is 2.23. The maximum absolute atomic E-state index is 11.4. The molecule has 1 rings (SSSR count). The molecule has 0 bridgehead atoms. The average Bonchev–Trinajstić information content (AvgIpc) is 2.26. The molecule has 0 aliphatic heterocycles. The van der Waals surface area contributed by atoms with Crippen molar-refractivity contribution in [3.8, 4) is 0 Å². The maximum Gasteiger partial charge on any atom is 0.312 e. The molecule has 5 nitrogen and oxygen atoms in total. The number of carbonyl (C=O) groups is 2. The minimum absolute atomic E-state index is 0.0794. The van der Waals surface area contributed by atoms with E-state index in [1.807, 2.05) is 24.3 Å². The first-order chi connectivity index (χ1) is 8.29. The van der Waals surface area contributed by atoms with E-state index < -0.39 is 6.03 Å². The van der Waals surface area contributed by atoms with Gasteiger partial charge in [0.15, 0.2) is 0 Å². The van der Waals surface area contributed by atoms with Crippen LogP contribution in [0.3, 0.4) is 0 Å². The van der Waals surface area contributed by atoms with E-state index in [9.17, 15) is 9.59 Å². The van der Waals surface area contributed by atoms with Gasteiger partial charge in [0.1, 0.15) is 0 Å². The Labute approximate surface area is 107 Å². The third-order valence-electron chi connectivity index (χ3n) is 2.46. The van der Waals surface area contributed by atoms with Crippen LogP contribution in [-0.2, 0) is 10.2 Å². The number of primary amides is 1. The summed E-state index contributed by atoms with van der Waals surface area (Å²) in [4.78, 5) is 21.9. The number of anilines is 1. The Bertz CT molecular complexity index is 433. The van der Waals surface area contributed by atoms with Crippen LogP contribution in [0.5, 0.6) is 0 Å². The molecule has 4 N–H and O–H groups in total. The second-order valence-electron chi connectivity index (χ2n) is 5.09. The highest BCUT2D eigenvalue weighted by atomic mass is 16.2. The van der Waals surface area contributed by atoms with Crippen molar-refractivity contribution in [2.24, 2.45) is 5.73 Å². The van der Waals surface area contributed by atoms with Gasteiger partial charge in [0, 0.05) is 5.69 Å². The van der Waals surface area contributed by atoms with Crippen molar-refractivity contribution in [1.82, 2.24) is 5.32 Å². The summed E-state index contributed by atoms with van der Waals surface area (Å²) >= 11 is 0. The maximum atomic E-state index is 11.4. The fraction of sp³-hybridized carbons (Fsp3) is 0.385. The standard InChI is InChI=1S/C13H19N3O2/c1-13(2,3)9-4-6-10(7-5-9)16-11(17)8-15-12(14)18/h4-7H,8H2,1-3H3,(H,16,17)(H3,14,15,18). The predicted octanol–water partition coefficient (Wildman–Crippen LogP) is 1.59. The summed E-state index contributed by atoms with van der Waals surface area (Å²) in [5.41, 5.74) is 6.84. The van der Waals surface area contributed by atoms with Crippen molar-refractivity contribution in [3.05, 3.63) is 29.8 Å². The van der Waals surface area contributed by atoms with E-state index >= 15 is 0 Å². The molecule has 18 heavy (non-hydrogen) atoms. The topological polar surface area (TPSA) is 84.2 Å². The number of benzene rings is 1. The van der Waals surface area contributed by atoms with Crippen molar-refractivity contribution >= 4 is 17.6 Å². The second kappa shape index (κ2) is 5.53. The number of urea groups is 1. The minimum Gasteiger partial charge on any atom is -0.352 e. The van der Waals surface area contributed by atoms with E-state index in [0.29, 0.717) is 5.69 Å².